The summed E-state index contributed by atoms with van der Waals surface area (Å²) in [5, 5.41) is 0. The summed E-state index contributed by atoms with van der Waals surface area (Å²) in [6.07, 6.45) is 0. The van der Waals surface area contributed by atoms with Gasteiger partial charge in [0.25, 0.3) is 0 Å². The van der Waals surface area contributed by atoms with Gasteiger partial charge < -0.3 is 9.80 Å². The number of nitrogens with zero attached hydrogens (tertiary/aromatic N) is 4. The normalized spacial score (nSPS) is 15.9. The second-order valence-corrected chi connectivity index (χ2v) is 7.70. The van der Waals surface area contributed by atoms with E-state index in [9.17, 15) is 4.79 Å². The summed E-state index contributed by atoms with van der Waals surface area (Å²) < 4.78 is 0. The molecule has 3 rings (SSSR count). The monoisotopic (exact) mass is 366 g/mol. The third-order valence-corrected chi connectivity index (χ3v) is 5.13. The van der Waals surface area contributed by atoms with Crippen LogP contribution in [0.25, 0.3) is 0 Å². The van der Waals surface area contributed by atoms with E-state index in [1.54, 1.807) is 0 Å². The maximum absolute atomic E-state index is 13.3. The molecule has 0 spiro atoms. The van der Waals surface area contributed by atoms with Crippen molar-refractivity contribution in [2.24, 2.45) is 0 Å². The molecule has 5 heteroatoms. The lowest BCUT2D eigenvalue weighted by Crippen LogP contribution is -2.51. The Kier molecular flexibility index (Phi) is 5.80. The van der Waals surface area contributed by atoms with Crippen LogP contribution in [-0.4, -0.2) is 61.0 Å². The summed E-state index contributed by atoms with van der Waals surface area (Å²) in [5.41, 5.74) is 5.52. The number of aryl methyl sites for hydroxylation is 3. The molecule has 2 aromatic rings. The van der Waals surface area contributed by atoms with E-state index in [1.807, 2.05) is 49.9 Å². The minimum Gasteiger partial charge on any atom is -0.368 e. The van der Waals surface area contributed by atoms with Gasteiger partial charge >= 0.3 is 0 Å². The minimum atomic E-state index is -0.234. The predicted octanol–water partition coefficient (Wildman–Crippen LogP) is 2.96. The number of aromatic nitrogens is 1. The Balaban J connectivity index is 1.71. The van der Waals surface area contributed by atoms with Crippen molar-refractivity contribution in [3.8, 4) is 0 Å². The number of benzene rings is 1. The van der Waals surface area contributed by atoms with Crippen molar-refractivity contribution in [3.05, 3.63) is 58.9 Å². The van der Waals surface area contributed by atoms with E-state index >= 15 is 0 Å². The lowest BCUT2D eigenvalue weighted by atomic mass is 10.0. The Morgan fingerprint density at radius 2 is 1.63 bits per heavy atom. The molecule has 0 saturated carbocycles. The van der Waals surface area contributed by atoms with Gasteiger partial charge in [-0.25, -0.2) is 0 Å². The number of carbonyl (C=O) groups is 1. The van der Waals surface area contributed by atoms with Gasteiger partial charge in [-0.15, -0.1) is 0 Å². The van der Waals surface area contributed by atoms with Gasteiger partial charge in [0.2, 0.25) is 5.91 Å². The highest BCUT2D eigenvalue weighted by Crippen LogP contribution is 2.24. The summed E-state index contributed by atoms with van der Waals surface area (Å²) in [7, 11) is 3.95. The molecule has 1 atom stereocenters. The summed E-state index contributed by atoms with van der Waals surface area (Å²) in [6.45, 7) is 9.31. The van der Waals surface area contributed by atoms with Crippen molar-refractivity contribution < 1.29 is 4.79 Å². The molecule has 1 aliphatic rings. The molecule has 144 valence electrons. The zero-order valence-electron chi connectivity index (χ0n) is 17.1. The standard InChI is InChI=1S/C22H30N4O/c1-16-7-6-8-19(13-16)21(24(4)5)22(27)26-11-9-25(10-12-26)20-14-17(2)23-18(3)15-20/h6-8,13-15,21H,9-12H2,1-5H3. The third-order valence-electron chi connectivity index (χ3n) is 5.13. The first-order valence-corrected chi connectivity index (χ1v) is 9.57. The van der Waals surface area contributed by atoms with Crippen LogP contribution < -0.4 is 4.90 Å². The van der Waals surface area contributed by atoms with E-state index in [4.69, 9.17) is 0 Å². The fourth-order valence-electron chi connectivity index (χ4n) is 3.85. The van der Waals surface area contributed by atoms with Crippen LogP contribution in [-0.2, 0) is 4.79 Å². The highest BCUT2D eigenvalue weighted by atomic mass is 16.2. The molecule has 0 aliphatic carbocycles. The van der Waals surface area contributed by atoms with Gasteiger partial charge in [-0.1, -0.05) is 29.8 Å². The molecule has 1 fully saturated rings. The van der Waals surface area contributed by atoms with Gasteiger partial charge in [-0.2, -0.15) is 0 Å². The Bertz CT molecular complexity index is 789. The topological polar surface area (TPSA) is 39.7 Å². The lowest BCUT2D eigenvalue weighted by Gasteiger charge is -2.39. The number of pyridine rings is 1. The van der Waals surface area contributed by atoms with Gasteiger partial charge in [-0.3, -0.25) is 14.7 Å². The van der Waals surface area contributed by atoms with E-state index in [2.05, 4.69) is 41.1 Å². The van der Waals surface area contributed by atoms with Gasteiger partial charge in [0.15, 0.2) is 0 Å². The average Bonchev–Trinajstić information content (AvgIpc) is 2.61. The van der Waals surface area contributed by atoms with Gasteiger partial charge in [0, 0.05) is 43.3 Å². The largest absolute Gasteiger partial charge is 0.368 e. The summed E-state index contributed by atoms with van der Waals surface area (Å²) in [5.74, 6) is 0.187. The van der Waals surface area contributed by atoms with Gasteiger partial charge in [0.1, 0.15) is 6.04 Å². The van der Waals surface area contributed by atoms with E-state index in [-0.39, 0.29) is 11.9 Å². The second kappa shape index (κ2) is 8.09. The molecule has 0 bridgehead atoms. The van der Waals surface area contributed by atoms with Crippen LogP contribution in [0.5, 0.6) is 0 Å². The number of likely N-dealkylation sites (N-methyl/N-ethyl adjacent to an activating group) is 1. The number of rotatable bonds is 4. The van der Waals surface area contributed by atoms with Crippen LogP contribution in [0.2, 0.25) is 0 Å². The number of piperazine rings is 1. The van der Waals surface area contributed by atoms with Crippen LogP contribution in [0.1, 0.15) is 28.6 Å². The minimum absolute atomic E-state index is 0.187. The fourth-order valence-corrected chi connectivity index (χ4v) is 3.85. The van der Waals surface area contributed by atoms with Crippen molar-refractivity contribution in [1.82, 2.24) is 14.8 Å². The Hall–Kier alpha value is -2.40. The molecule has 2 heterocycles. The summed E-state index contributed by atoms with van der Waals surface area (Å²) >= 11 is 0. The van der Waals surface area contributed by atoms with E-state index in [1.165, 1.54) is 11.3 Å². The maximum Gasteiger partial charge on any atom is 0.244 e. The van der Waals surface area contributed by atoms with Crippen molar-refractivity contribution in [2.75, 3.05) is 45.2 Å². The van der Waals surface area contributed by atoms with Crippen molar-refractivity contribution in [1.29, 1.82) is 0 Å². The molecule has 0 N–H and O–H groups in total. The second-order valence-electron chi connectivity index (χ2n) is 7.70. The van der Waals surface area contributed by atoms with Crippen molar-refractivity contribution in [3.63, 3.8) is 0 Å². The fraction of sp³-hybridized carbons (Fsp3) is 0.455. The quantitative estimate of drug-likeness (QED) is 0.834. The van der Waals surface area contributed by atoms with Crippen LogP contribution in [0.3, 0.4) is 0 Å². The zero-order valence-corrected chi connectivity index (χ0v) is 17.1. The number of hydrogen-bond acceptors (Lipinski definition) is 4. The van der Waals surface area contributed by atoms with Crippen LogP contribution in [0.15, 0.2) is 36.4 Å². The highest BCUT2D eigenvalue weighted by molar-refractivity contribution is 5.83. The average molecular weight is 367 g/mol. The lowest BCUT2D eigenvalue weighted by molar-refractivity contribution is -0.136. The number of hydrogen-bond donors (Lipinski definition) is 0. The first-order chi connectivity index (χ1) is 12.8. The SMILES string of the molecule is Cc1cccc(C(C(=O)N2CCN(c3cc(C)nc(C)c3)CC2)N(C)C)c1. The summed E-state index contributed by atoms with van der Waals surface area (Å²) in [4.78, 5) is 24.1. The number of carbonyl (C=O) groups excluding carboxylic acids is 1. The molecule has 1 unspecified atom stereocenters. The first-order valence-electron chi connectivity index (χ1n) is 9.57. The van der Waals surface area contributed by atoms with Gasteiger partial charge in [-0.05, 0) is 52.6 Å². The molecule has 1 amide bonds. The van der Waals surface area contributed by atoms with Crippen molar-refractivity contribution in [2.45, 2.75) is 26.8 Å². The Morgan fingerprint density at radius 3 is 2.19 bits per heavy atom. The summed E-state index contributed by atoms with van der Waals surface area (Å²) in [6, 6.07) is 12.3. The highest BCUT2D eigenvalue weighted by Gasteiger charge is 2.30. The smallest absolute Gasteiger partial charge is 0.244 e. The number of amides is 1. The van der Waals surface area contributed by atoms with E-state index in [0.717, 1.165) is 43.1 Å². The third kappa shape index (κ3) is 4.48. The van der Waals surface area contributed by atoms with Crippen LogP contribution in [0.4, 0.5) is 5.69 Å². The molecule has 1 saturated heterocycles. The molecular formula is C22H30N4O. The Labute approximate surface area is 162 Å². The number of anilines is 1. The van der Waals surface area contributed by atoms with Crippen LogP contribution in [0, 0.1) is 20.8 Å². The molecule has 1 aromatic carbocycles. The van der Waals surface area contributed by atoms with Crippen molar-refractivity contribution >= 4 is 11.6 Å². The molecule has 1 aromatic heterocycles. The van der Waals surface area contributed by atoms with Gasteiger partial charge in [0.05, 0.1) is 0 Å². The molecule has 1 aliphatic heterocycles. The molecule has 27 heavy (non-hydrogen) atoms. The molecular weight excluding hydrogens is 336 g/mol. The zero-order chi connectivity index (χ0) is 19.6. The Morgan fingerprint density at radius 1 is 1.00 bits per heavy atom. The van der Waals surface area contributed by atoms with E-state index < -0.39 is 0 Å². The molecule has 5 nitrogen and oxygen atoms in total. The molecule has 0 radical (unpaired) electrons. The predicted molar refractivity (Wildman–Crippen MR) is 110 cm³/mol. The van der Waals surface area contributed by atoms with E-state index in [0.29, 0.717) is 0 Å². The maximum atomic E-state index is 13.3. The first kappa shape index (κ1) is 19.4. The van der Waals surface area contributed by atoms with Crippen LogP contribution >= 0.6 is 0 Å².